The number of likely N-dealkylation sites (tertiary alicyclic amines) is 1. The fourth-order valence-corrected chi connectivity index (χ4v) is 4.07. The van der Waals surface area contributed by atoms with Gasteiger partial charge < -0.3 is 9.80 Å². The second-order valence-electron chi connectivity index (χ2n) is 7.25. The maximum absolute atomic E-state index is 13.0. The number of fused-ring (bicyclic) bond motifs is 1. The molecular formula is C18H26N6O. The van der Waals surface area contributed by atoms with E-state index in [1.54, 1.807) is 4.52 Å². The Bertz CT molecular complexity index is 749. The molecule has 2 aliphatic heterocycles. The molecule has 0 radical (unpaired) electrons. The standard InChI is InChI=1S/C18H26N6O/c1-14-11-16(24-18(21-14)19-13-20-24)23-10-6-7-15(12-23)17(25)22-8-4-2-3-5-9-22/h11,13,15H,2-10,12H2,1H3/t15-/m1/s1. The van der Waals surface area contributed by atoms with E-state index in [4.69, 9.17) is 0 Å². The van der Waals surface area contributed by atoms with E-state index in [1.165, 1.54) is 19.2 Å². The van der Waals surface area contributed by atoms with E-state index < -0.39 is 0 Å². The molecule has 0 unspecified atom stereocenters. The van der Waals surface area contributed by atoms with E-state index in [0.29, 0.717) is 11.7 Å². The monoisotopic (exact) mass is 342 g/mol. The van der Waals surface area contributed by atoms with Gasteiger partial charge in [0.15, 0.2) is 0 Å². The fourth-order valence-electron chi connectivity index (χ4n) is 4.07. The Morgan fingerprint density at radius 2 is 1.92 bits per heavy atom. The first-order valence-corrected chi connectivity index (χ1v) is 9.43. The first kappa shape index (κ1) is 16.3. The Morgan fingerprint density at radius 1 is 1.12 bits per heavy atom. The zero-order valence-electron chi connectivity index (χ0n) is 14.9. The summed E-state index contributed by atoms with van der Waals surface area (Å²) in [6.07, 6.45) is 8.34. The summed E-state index contributed by atoms with van der Waals surface area (Å²) < 4.78 is 1.78. The minimum atomic E-state index is 0.0823. The molecule has 7 heteroatoms. The number of hydrogen-bond acceptors (Lipinski definition) is 5. The van der Waals surface area contributed by atoms with Crippen molar-refractivity contribution in [3.8, 4) is 0 Å². The van der Waals surface area contributed by atoms with Crippen molar-refractivity contribution in [1.29, 1.82) is 0 Å². The summed E-state index contributed by atoms with van der Waals surface area (Å²) in [5.41, 5.74) is 0.927. The highest BCUT2D eigenvalue weighted by atomic mass is 16.2. The van der Waals surface area contributed by atoms with Gasteiger partial charge in [-0.3, -0.25) is 4.79 Å². The maximum atomic E-state index is 13.0. The smallest absolute Gasteiger partial charge is 0.254 e. The third kappa shape index (κ3) is 3.32. The van der Waals surface area contributed by atoms with Crippen molar-refractivity contribution >= 4 is 17.5 Å². The molecule has 2 aliphatic rings. The normalized spacial score (nSPS) is 22.2. The van der Waals surface area contributed by atoms with Crippen molar-refractivity contribution in [3.05, 3.63) is 18.1 Å². The summed E-state index contributed by atoms with van der Waals surface area (Å²) in [7, 11) is 0. The molecule has 0 aromatic carbocycles. The molecule has 2 aromatic heterocycles. The summed E-state index contributed by atoms with van der Waals surface area (Å²) in [6.45, 7) is 5.53. The quantitative estimate of drug-likeness (QED) is 0.836. The summed E-state index contributed by atoms with van der Waals surface area (Å²) in [4.78, 5) is 26.0. The first-order valence-electron chi connectivity index (χ1n) is 9.43. The Hall–Kier alpha value is -2.18. The van der Waals surface area contributed by atoms with Crippen LogP contribution in [0, 0.1) is 12.8 Å². The summed E-state index contributed by atoms with van der Waals surface area (Å²) in [5, 5.41) is 4.31. The van der Waals surface area contributed by atoms with Crippen molar-refractivity contribution in [2.75, 3.05) is 31.1 Å². The van der Waals surface area contributed by atoms with Gasteiger partial charge in [0.1, 0.15) is 12.1 Å². The van der Waals surface area contributed by atoms with Crippen LogP contribution in [0.4, 0.5) is 5.82 Å². The van der Waals surface area contributed by atoms with Crippen LogP contribution in [-0.4, -0.2) is 56.6 Å². The highest BCUT2D eigenvalue weighted by molar-refractivity contribution is 5.79. The third-order valence-corrected chi connectivity index (χ3v) is 5.37. The van der Waals surface area contributed by atoms with Gasteiger partial charge in [-0.05, 0) is 32.6 Å². The molecule has 4 heterocycles. The number of nitrogens with zero attached hydrogens (tertiary/aromatic N) is 6. The lowest BCUT2D eigenvalue weighted by Gasteiger charge is -2.36. The zero-order chi connectivity index (χ0) is 17.2. The average Bonchev–Trinajstić information content (AvgIpc) is 2.93. The van der Waals surface area contributed by atoms with E-state index in [2.05, 4.69) is 24.9 Å². The van der Waals surface area contributed by atoms with Gasteiger partial charge in [-0.2, -0.15) is 14.6 Å². The van der Waals surface area contributed by atoms with Crippen LogP contribution in [0.5, 0.6) is 0 Å². The predicted molar refractivity (Wildman–Crippen MR) is 95.5 cm³/mol. The Labute approximate surface area is 148 Å². The molecule has 0 spiro atoms. The van der Waals surface area contributed by atoms with Gasteiger partial charge >= 0.3 is 0 Å². The SMILES string of the molecule is Cc1cc(N2CCC[C@@H](C(=O)N3CCCCCC3)C2)n2ncnc2n1. The van der Waals surface area contributed by atoms with Gasteiger partial charge in [0.05, 0.1) is 5.92 Å². The van der Waals surface area contributed by atoms with E-state index in [1.807, 2.05) is 13.0 Å². The van der Waals surface area contributed by atoms with Crippen molar-refractivity contribution in [3.63, 3.8) is 0 Å². The molecular weight excluding hydrogens is 316 g/mol. The van der Waals surface area contributed by atoms with E-state index >= 15 is 0 Å². The Kier molecular flexibility index (Phi) is 4.55. The highest BCUT2D eigenvalue weighted by Gasteiger charge is 2.30. The number of amides is 1. The average molecular weight is 342 g/mol. The van der Waals surface area contributed by atoms with Crippen molar-refractivity contribution in [1.82, 2.24) is 24.5 Å². The number of carbonyl (C=O) groups is 1. The zero-order valence-corrected chi connectivity index (χ0v) is 14.9. The van der Waals surface area contributed by atoms with Crippen molar-refractivity contribution in [2.45, 2.75) is 45.4 Å². The van der Waals surface area contributed by atoms with Gasteiger partial charge in [-0.25, -0.2) is 4.98 Å². The van der Waals surface area contributed by atoms with Crippen molar-refractivity contribution < 1.29 is 4.79 Å². The van der Waals surface area contributed by atoms with Crippen LogP contribution in [0.15, 0.2) is 12.4 Å². The van der Waals surface area contributed by atoms with Crippen LogP contribution < -0.4 is 4.90 Å². The number of hydrogen-bond donors (Lipinski definition) is 0. The van der Waals surface area contributed by atoms with Crippen LogP contribution in [0.1, 0.15) is 44.2 Å². The Morgan fingerprint density at radius 3 is 2.72 bits per heavy atom. The fraction of sp³-hybridized carbons (Fsp3) is 0.667. The number of carbonyl (C=O) groups excluding carboxylic acids is 1. The molecule has 1 atom stereocenters. The van der Waals surface area contributed by atoms with Crippen LogP contribution in [0.2, 0.25) is 0 Å². The van der Waals surface area contributed by atoms with Crippen molar-refractivity contribution in [2.24, 2.45) is 5.92 Å². The van der Waals surface area contributed by atoms with E-state index in [0.717, 1.165) is 63.4 Å². The van der Waals surface area contributed by atoms with Crippen LogP contribution in [0.3, 0.4) is 0 Å². The molecule has 2 saturated heterocycles. The minimum Gasteiger partial charge on any atom is -0.356 e. The second kappa shape index (κ2) is 6.98. The molecule has 0 saturated carbocycles. The molecule has 7 nitrogen and oxygen atoms in total. The van der Waals surface area contributed by atoms with Crippen LogP contribution in [0.25, 0.3) is 5.78 Å². The first-order chi connectivity index (χ1) is 12.2. The number of aryl methyl sites for hydroxylation is 1. The molecule has 0 bridgehead atoms. The lowest BCUT2D eigenvalue weighted by molar-refractivity contribution is -0.135. The van der Waals surface area contributed by atoms with Gasteiger partial charge in [0.2, 0.25) is 5.91 Å². The van der Waals surface area contributed by atoms with Gasteiger partial charge in [-0.1, -0.05) is 12.8 Å². The molecule has 2 aromatic rings. The molecule has 25 heavy (non-hydrogen) atoms. The van der Waals surface area contributed by atoms with E-state index in [9.17, 15) is 4.79 Å². The van der Waals surface area contributed by atoms with Crippen LogP contribution >= 0.6 is 0 Å². The Balaban J connectivity index is 1.54. The second-order valence-corrected chi connectivity index (χ2v) is 7.25. The topological polar surface area (TPSA) is 66.6 Å². The van der Waals surface area contributed by atoms with Crippen LogP contribution in [-0.2, 0) is 4.79 Å². The highest BCUT2D eigenvalue weighted by Crippen LogP contribution is 2.26. The summed E-state index contributed by atoms with van der Waals surface area (Å²) >= 11 is 0. The summed E-state index contributed by atoms with van der Waals surface area (Å²) in [5.74, 6) is 2.04. The molecule has 0 N–H and O–H groups in total. The van der Waals surface area contributed by atoms with Gasteiger partial charge in [0, 0.05) is 37.9 Å². The lowest BCUT2D eigenvalue weighted by Crippen LogP contribution is -2.45. The molecule has 0 aliphatic carbocycles. The minimum absolute atomic E-state index is 0.0823. The largest absolute Gasteiger partial charge is 0.356 e. The maximum Gasteiger partial charge on any atom is 0.254 e. The number of anilines is 1. The summed E-state index contributed by atoms with van der Waals surface area (Å²) in [6, 6.07) is 2.04. The third-order valence-electron chi connectivity index (χ3n) is 5.37. The number of rotatable bonds is 2. The van der Waals surface area contributed by atoms with Gasteiger partial charge in [0.25, 0.3) is 5.78 Å². The van der Waals surface area contributed by atoms with Gasteiger partial charge in [-0.15, -0.1) is 0 Å². The molecule has 134 valence electrons. The lowest BCUT2D eigenvalue weighted by atomic mass is 9.96. The number of aromatic nitrogens is 4. The molecule has 4 rings (SSSR count). The predicted octanol–water partition coefficient (Wildman–Crippen LogP) is 2.05. The van der Waals surface area contributed by atoms with E-state index in [-0.39, 0.29) is 5.92 Å². The molecule has 2 fully saturated rings. The number of piperidine rings is 1. The molecule has 1 amide bonds.